The van der Waals surface area contributed by atoms with Crippen LogP contribution in [0.25, 0.3) is 0 Å². The molecule has 2 aromatic rings. The lowest BCUT2D eigenvalue weighted by Gasteiger charge is -2.13. The molecule has 0 aromatic heterocycles. The smallest absolute Gasteiger partial charge is 0.323 e. The highest BCUT2D eigenvalue weighted by Gasteiger charge is 2.11. The molecular formula is C17H20ClFN4O2. The number of aliphatic hydroxyl groups excluding tert-OH is 1. The Morgan fingerprint density at radius 1 is 1.20 bits per heavy atom. The summed E-state index contributed by atoms with van der Waals surface area (Å²) in [5, 5.41) is 17.8. The average Bonchev–Trinajstić information content (AvgIpc) is 2.55. The monoisotopic (exact) mass is 366 g/mol. The SMILES string of the molecule is NCCNc1cc(F)cc(NC(=O)Nc2cccc(Cl)c2CCO)c1. The van der Waals surface area contributed by atoms with E-state index in [4.69, 9.17) is 22.4 Å². The van der Waals surface area contributed by atoms with Crippen molar-refractivity contribution in [3.8, 4) is 0 Å². The Kier molecular flexibility index (Phi) is 7.00. The van der Waals surface area contributed by atoms with E-state index in [2.05, 4.69) is 16.0 Å². The zero-order chi connectivity index (χ0) is 18.2. The molecule has 0 radical (unpaired) electrons. The Morgan fingerprint density at radius 2 is 1.96 bits per heavy atom. The summed E-state index contributed by atoms with van der Waals surface area (Å²) in [7, 11) is 0. The predicted molar refractivity (Wildman–Crippen MR) is 98.8 cm³/mol. The van der Waals surface area contributed by atoms with Crippen molar-refractivity contribution in [1.29, 1.82) is 0 Å². The van der Waals surface area contributed by atoms with Gasteiger partial charge in [0.1, 0.15) is 5.82 Å². The van der Waals surface area contributed by atoms with E-state index >= 15 is 0 Å². The third-order valence-corrected chi connectivity index (χ3v) is 3.71. The highest BCUT2D eigenvalue weighted by molar-refractivity contribution is 6.31. The molecule has 2 aromatic carbocycles. The maximum atomic E-state index is 13.7. The van der Waals surface area contributed by atoms with E-state index in [1.165, 1.54) is 12.1 Å². The largest absolute Gasteiger partial charge is 0.396 e. The molecule has 134 valence electrons. The predicted octanol–water partition coefficient (Wildman–Crippen LogP) is 3.03. The van der Waals surface area contributed by atoms with Gasteiger partial charge in [-0.2, -0.15) is 0 Å². The van der Waals surface area contributed by atoms with Gasteiger partial charge in [0.15, 0.2) is 0 Å². The van der Waals surface area contributed by atoms with Gasteiger partial charge < -0.3 is 26.8 Å². The van der Waals surface area contributed by atoms with Crippen LogP contribution in [0.15, 0.2) is 36.4 Å². The van der Waals surface area contributed by atoms with Crippen LogP contribution in [0.2, 0.25) is 5.02 Å². The Labute approximate surface area is 150 Å². The molecule has 0 heterocycles. The van der Waals surface area contributed by atoms with Gasteiger partial charge >= 0.3 is 6.03 Å². The van der Waals surface area contributed by atoms with Gasteiger partial charge in [-0.15, -0.1) is 0 Å². The second kappa shape index (κ2) is 9.22. The van der Waals surface area contributed by atoms with E-state index in [9.17, 15) is 9.18 Å². The maximum Gasteiger partial charge on any atom is 0.323 e. The minimum atomic E-state index is -0.545. The molecule has 8 heteroatoms. The number of carbonyl (C=O) groups is 1. The minimum Gasteiger partial charge on any atom is -0.396 e. The number of hydrogen-bond acceptors (Lipinski definition) is 4. The third kappa shape index (κ3) is 5.60. The van der Waals surface area contributed by atoms with E-state index in [1.54, 1.807) is 24.3 Å². The van der Waals surface area contributed by atoms with Crippen molar-refractivity contribution in [1.82, 2.24) is 0 Å². The van der Waals surface area contributed by atoms with Gasteiger partial charge in [0, 0.05) is 41.8 Å². The summed E-state index contributed by atoms with van der Waals surface area (Å²) in [6, 6.07) is 8.63. The van der Waals surface area contributed by atoms with E-state index in [1.807, 2.05) is 0 Å². The van der Waals surface area contributed by atoms with Gasteiger partial charge in [-0.05, 0) is 42.3 Å². The second-order valence-corrected chi connectivity index (χ2v) is 5.67. The van der Waals surface area contributed by atoms with Crippen LogP contribution in [-0.4, -0.2) is 30.8 Å². The van der Waals surface area contributed by atoms with Crippen LogP contribution in [0.4, 0.5) is 26.2 Å². The number of urea groups is 1. The van der Waals surface area contributed by atoms with Crippen molar-refractivity contribution in [3.63, 3.8) is 0 Å². The summed E-state index contributed by atoms with van der Waals surface area (Å²) in [4.78, 5) is 12.2. The molecule has 2 rings (SSSR count). The fourth-order valence-electron chi connectivity index (χ4n) is 2.31. The van der Waals surface area contributed by atoms with Crippen molar-refractivity contribution in [2.45, 2.75) is 6.42 Å². The van der Waals surface area contributed by atoms with Crippen LogP contribution in [0.3, 0.4) is 0 Å². The van der Waals surface area contributed by atoms with Crippen molar-refractivity contribution in [2.75, 3.05) is 35.6 Å². The number of hydrogen-bond donors (Lipinski definition) is 5. The topological polar surface area (TPSA) is 99.4 Å². The minimum absolute atomic E-state index is 0.0971. The first-order valence-electron chi connectivity index (χ1n) is 7.74. The van der Waals surface area contributed by atoms with Gasteiger partial charge in [-0.25, -0.2) is 9.18 Å². The highest BCUT2D eigenvalue weighted by Crippen LogP contribution is 2.25. The quantitative estimate of drug-likeness (QED) is 0.520. The first-order chi connectivity index (χ1) is 12.0. The molecule has 0 fully saturated rings. The summed E-state index contributed by atoms with van der Waals surface area (Å²) in [5.74, 6) is -0.485. The number of benzene rings is 2. The van der Waals surface area contributed by atoms with E-state index < -0.39 is 11.8 Å². The highest BCUT2D eigenvalue weighted by atomic mass is 35.5. The summed E-state index contributed by atoms with van der Waals surface area (Å²) >= 11 is 6.09. The molecule has 0 saturated carbocycles. The van der Waals surface area contributed by atoms with Crippen LogP contribution in [0, 0.1) is 5.82 Å². The van der Waals surface area contributed by atoms with Gasteiger partial charge in [0.25, 0.3) is 0 Å². The molecule has 6 N–H and O–H groups in total. The Balaban J connectivity index is 2.10. The normalized spacial score (nSPS) is 10.4. The first kappa shape index (κ1) is 19.0. The second-order valence-electron chi connectivity index (χ2n) is 5.26. The van der Waals surface area contributed by atoms with Crippen molar-refractivity contribution < 1.29 is 14.3 Å². The maximum absolute atomic E-state index is 13.7. The van der Waals surface area contributed by atoms with E-state index in [0.717, 1.165) is 0 Å². The number of carbonyl (C=O) groups excluding carboxylic acids is 1. The molecule has 6 nitrogen and oxygen atoms in total. The van der Waals surface area contributed by atoms with Gasteiger partial charge in [0.2, 0.25) is 0 Å². The zero-order valence-electron chi connectivity index (χ0n) is 13.5. The summed E-state index contributed by atoms with van der Waals surface area (Å²) in [5.41, 5.74) is 7.33. The molecule has 0 spiro atoms. The molecule has 0 aliphatic heterocycles. The molecule has 0 unspecified atom stereocenters. The summed E-state index contributed by atoms with van der Waals surface area (Å²) < 4.78 is 13.7. The van der Waals surface area contributed by atoms with Crippen molar-refractivity contribution >= 4 is 34.7 Å². The number of aliphatic hydroxyl groups is 1. The zero-order valence-corrected chi connectivity index (χ0v) is 14.2. The van der Waals surface area contributed by atoms with Crippen LogP contribution in [0.5, 0.6) is 0 Å². The number of nitrogens with two attached hydrogens (primary N) is 1. The molecule has 25 heavy (non-hydrogen) atoms. The molecule has 2 amide bonds. The number of rotatable bonds is 7. The van der Waals surface area contributed by atoms with Crippen LogP contribution >= 0.6 is 11.6 Å². The summed E-state index contributed by atoms with van der Waals surface area (Å²) in [6.07, 6.45) is 0.308. The molecule has 0 saturated heterocycles. The fraction of sp³-hybridized carbons (Fsp3) is 0.235. The van der Waals surface area contributed by atoms with Crippen LogP contribution in [0.1, 0.15) is 5.56 Å². The molecule has 0 bridgehead atoms. The Bertz CT molecular complexity index is 743. The lowest BCUT2D eigenvalue weighted by molar-refractivity contribution is 0.262. The number of amides is 2. The Morgan fingerprint density at radius 3 is 2.68 bits per heavy atom. The molecular weight excluding hydrogens is 347 g/mol. The average molecular weight is 367 g/mol. The molecule has 0 aliphatic carbocycles. The van der Waals surface area contributed by atoms with E-state index in [0.29, 0.717) is 47.2 Å². The lowest BCUT2D eigenvalue weighted by atomic mass is 10.1. The number of nitrogens with one attached hydrogen (secondary N) is 3. The molecule has 0 atom stereocenters. The van der Waals surface area contributed by atoms with Crippen molar-refractivity contribution in [2.24, 2.45) is 5.73 Å². The lowest BCUT2D eigenvalue weighted by Crippen LogP contribution is -2.21. The van der Waals surface area contributed by atoms with E-state index in [-0.39, 0.29) is 6.61 Å². The van der Waals surface area contributed by atoms with Gasteiger partial charge in [-0.1, -0.05) is 17.7 Å². The number of anilines is 3. The first-order valence-corrected chi connectivity index (χ1v) is 8.12. The fourth-order valence-corrected chi connectivity index (χ4v) is 2.58. The van der Waals surface area contributed by atoms with Crippen molar-refractivity contribution in [3.05, 3.63) is 52.8 Å². The van der Waals surface area contributed by atoms with Gasteiger partial charge in [-0.3, -0.25) is 0 Å². The van der Waals surface area contributed by atoms with Crippen LogP contribution < -0.4 is 21.7 Å². The summed E-state index contributed by atoms with van der Waals surface area (Å²) in [6.45, 7) is 0.796. The van der Waals surface area contributed by atoms with Gasteiger partial charge in [0.05, 0.1) is 0 Å². The van der Waals surface area contributed by atoms with Crippen LogP contribution in [-0.2, 0) is 6.42 Å². The number of halogens is 2. The Hall–Kier alpha value is -2.35. The molecule has 0 aliphatic rings. The standard InChI is InChI=1S/C17H20ClFN4O2/c18-15-2-1-3-16(14(15)4-7-24)23-17(25)22-13-9-11(19)8-12(10-13)21-6-5-20/h1-3,8-10,21,24H,4-7,20H2,(H2,22,23,25). The third-order valence-electron chi connectivity index (χ3n) is 3.36.